The van der Waals surface area contributed by atoms with E-state index in [1.165, 1.54) is 12.1 Å². The summed E-state index contributed by atoms with van der Waals surface area (Å²) in [5.74, 6) is 0.150. The molecule has 0 radical (unpaired) electrons. The average molecular weight is 301 g/mol. The van der Waals surface area contributed by atoms with Crippen molar-refractivity contribution in [2.75, 3.05) is 13.2 Å². The Hall–Kier alpha value is -1.56. The number of carbonyl (C=O) groups is 1. The molecule has 6 heteroatoms. The van der Waals surface area contributed by atoms with Gasteiger partial charge in [0.05, 0.1) is 5.56 Å². The lowest BCUT2D eigenvalue weighted by Crippen LogP contribution is -2.28. The maximum atomic E-state index is 12.4. The van der Waals surface area contributed by atoms with Gasteiger partial charge in [0.25, 0.3) is 0 Å². The fraction of sp³-hybridized carbons (Fsp3) is 0.533. The fourth-order valence-corrected chi connectivity index (χ4v) is 2.31. The predicted octanol–water partition coefficient (Wildman–Crippen LogP) is 3.14. The first-order chi connectivity index (χ1) is 9.95. The van der Waals surface area contributed by atoms with E-state index in [2.05, 4.69) is 5.32 Å². The Balaban J connectivity index is 1.78. The summed E-state index contributed by atoms with van der Waals surface area (Å²) in [6, 6.07) is 4.81. The van der Waals surface area contributed by atoms with Crippen molar-refractivity contribution in [3.05, 3.63) is 35.4 Å². The molecule has 0 bridgehead atoms. The van der Waals surface area contributed by atoms with Crippen molar-refractivity contribution in [1.82, 2.24) is 5.32 Å². The van der Waals surface area contributed by atoms with Gasteiger partial charge in [0, 0.05) is 26.2 Å². The Morgan fingerprint density at radius 1 is 1.29 bits per heavy atom. The molecular weight excluding hydrogens is 283 g/mol. The van der Waals surface area contributed by atoms with Gasteiger partial charge < -0.3 is 10.1 Å². The standard InChI is InChI=1S/C15H18F3NO2/c16-15(17,18)13-5-3-11(4-6-13)9-19-14(20)8-12-2-1-7-21-10-12/h3-6,12H,1-2,7-10H2,(H,19,20)/t12-/m1/s1. The molecule has 0 unspecified atom stereocenters. The summed E-state index contributed by atoms with van der Waals surface area (Å²) in [6.45, 7) is 1.60. The van der Waals surface area contributed by atoms with Crippen LogP contribution >= 0.6 is 0 Å². The second kappa shape index (κ2) is 6.93. The Bertz CT molecular complexity index is 465. The highest BCUT2D eigenvalue weighted by Gasteiger charge is 2.29. The molecule has 1 heterocycles. The van der Waals surface area contributed by atoms with Gasteiger partial charge in [-0.05, 0) is 36.5 Å². The van der Waals surface area contributed by atoms with Crippen LogP contribution in [0.1, 0.15) is 30.4 Å². The topological polar surface area (TPSA) is 38.3 Å². The average Bonchev–Trinajstić information content (AvgIpc) is 2.46. The second-order valence-corrected chi connectivity index (χ2v) is 5.26. The van der Waals surface area contributed by atoms with E-state index in [1.807, 2.05) is 0 Å². The van der Waals surface area contributed by atoms with Crippen LogP contribution in [0.2, 0.25) is 0 Å². The lowest BCUT2D eigenvalue weighted by molar-refractivity contribution is -0.137. The molecule has 1 atom stereocenters. The SMILES string of the molecule is O=C(C[C@H]1CCCOC1)NCc1ccc(C(F)(F)F)cc1. The highest BCUT2D eigenvalue weighted by molar-refractivity contribution is 5.76. The largest absolute Gasteiger partial charge is 0.416 e. The van der Waals surface area contributed by atoms with Crippen molar-refractivity contribution in [2.45, 2.75) is 32.0 Å². The number of ether oxygens (including phenoxy) is 1. The number of amides is 1. The van der Waals surface area contributed by atoms with Gasteiger partial charge in [0.1, 0.15) is 0 Å². The van der Waals surface area contributed by atoms with Crippen LogP contribution in [0.3, 0.4) is 0 Å². The molecule has 0 aliphatic carbocycles. The molecule has 2 rings (SSSR count). The number of alkyl halides is 3. The van der Waals surface area contributed by atoms with Crippen LogP contribution in [0.15, 0.2) is 24.3 Å². The zero-order valence-electron chi connectivity index (χ0n) is 11.6. The molecule has 116 valence electrons. The van der Waals surface area contributed by atoms with Crippen LogP contribution in [0.4, 0.5) is 13.2 Å². The molecule has 0 saturated carbocycles. The lowest BCUT2D eigenvalue weighted by atomic mass is 9.98. The summed E-state index contributed by atoms with van der Waals surface area (Å²) in [5, 5.41) is 2.73. The minimum absolute atomic E-state index is 0.0922. The third kappa shape index (κ3) is 5.04. The second-order valence-electron chi connectivity index (χ2n) is 5.26. The maximum absolute atomic E-state index is 12.4. The van der Waals surface area contributed by atoms with Crippen molar-refractivity contribution in [2.24, 2.45) is 5.92 Å². The van der Waals surface area contributed by atoms with Crippen LogP contribution in [-0.2, 0) is 22.3 Å². The molecule has 21 heavy (non-hydrogen) atoms. The summed E-state index contributed by atoms with van der Waals surface area (Å²) < 4.78 is 42.5. The van der Waals surface area contributed by atoms with Crippen LogP contribution in [0.5, 0.6) is 0 Å². The zero-order valence-corrected chi connectivity index (χ0v) is 11.6. The number of halogens is 3. The molecule has 3 nitrogen and oxygen atoms in total. The molecule has 1 amide bonds. The molecular formula is C15H18F3NO2. The van der Waals surface area contributed by atoms with Crippen LogP contribution < -0.4 is 5.32 Å². The van der Waals surface area contributed by atoms with Crippen LogP contribution in [-0.4, -0.2) is 19.1 Å². The van der Waals surface area contributed by atoms with Crippen LogP contribution in [0, 0.1) is 5.92 Å². The van der Waals surface area contributed by atoms with Crippen molar-refractivity contribution < 1.29 is 22.7 Å². The highest BCUT2D eigenvalue weighted by Crippen LogP contribution is 2.29. The van der Waals surface area contributed by atoms with Crippen molar-refractivity contribution in [1.29, 1.82) is 0 Å². The maximum Gasteiger partial charge on any atom is 0.416 e. The van der Waals surface area contributed by atoms with E-state index < -0.39 is 11.7 Å². The summed E-state index contributed by atoms with van der Waals surface area (Å²) in [4.78, 5) is 11.8. The molecule has 1 N–H and O–H groups in total. The van der Waals surface area contributed by atoms with Gasteiger partial charge in [-0.1, -0.05) is 12.1 Å². The van der Waals surface area contributed by atoms with Crippen molar-refractivity contribution in [3.8, 4) is 0 Å². The number of rotatable bonds is 4. The number of carbonyl (C=O) groups excluding carboxylic acids is 1. The van der Waals surface area contributed by atoms with E-state index in [4.69, 9.17) is 4.74 Å². The van der Waals surface area contributed by atoms with E-state index in [1.54, 1.807) is 0 Å². The molecule has 1 saturated heterocycles. The van der Waals surface area contributed by atoms with E-state index >= 15 is 0 Å². The molecule has 0 aromatic heterocycles. The third-order valence-corrected chi connectivity index (χ3v) is 3.50. The van der Waals surface area contributed by atoms with Gasteiger partial charge in [-0.3, -0.25) is 4.79 Å². The predicted molar refractivity (Wildman–Crippen MR) is 71.5 cm³/mol. The smallest absolute Gasteiger partial charge is 0.381 e. The Morgan fingerprint density at radius 2 is 2.00 bits per heavy atom. The summed E-state index contributed by atoms with van der Waals surface area (Å²) in [7, 11) is 0. The van der Waals surface area contributed by atoms with Gasteiger partial charge in [0.2, 0.25) is 5.91 Å². The van der Waals surface area contributed by atoms with Crippen LogP contribution in [0.25, 0.3) is 0 Å². The normalized spacial score (nSPS) is 19.3. The quantitative estimate of drug-likeness (QED) is 0.928. The van der Waals surface area contributed by atoms with E-state index in [9.17, 15) is 18.0 Å². The first kappa shape index (κ1) is 15.8. The molecule has 1 aromatic carbocycles. The van der Waals surface area contributed by atoms with E-state index in [0.717, 1.165) is 31.6 Å². The number of hydrogen-bond acceptors (Lipinski definition) is 2. The van der Waals surface area contributed by atoms with E-state index in [0.29, 0.717) is 18.6 Å². The van der Waals surface area contributed by atoms with Gasteiger partial charge in [-0.15, -0.1) is 0 Å². The number of benzene rings is 1. The van der Waals surface area contributed by atoms with Gasteiger partial charge >= 0.3 is 6.18 Å². The van der Waals surface area contributed by atoms with Gasteiger partial charge in [0.15, 0.2) is 0 Å². The minimum Gasteiger partial charge on any atom is -0.381 e. The molecule has 1 fully saturated rings. The molecule has 1 aromatic rings. The first-order valence-electron chi connectivity index (χ1n) is 6.96. The van der Waals surface area contributed by atoms with Gasteiger partial charge in [-0.2, -0.15) is 13.2 Å². The van der Waals surface area contributed by atoms with Crippen molar-refractivity contribution >= 4 is 5.91 Å². The Kier molecular flexibility index (Phi) is 5.22. The zero-order chi connectivity index (χ0) is 15.3. The third-order valence-electron chi connectivity index (χ3n) is 3.50. The summed E-state index contributed by atoms with van der Waals surface area (Å²) in [5.41, 5.74) is -0.0341. The minimum atomic E-state index is -4.33. The monoisotopic (exact) mass is 301 g/mol. The molecule has 1 aliphatic rings. The van der Waals surface area contributed by atoms with Gasteiger partial charge in [-0.25, -0.2) is 0 Å². The summed E-state index contributed by atoms with van der Waals surface area (Å²) >= 11 is 0. The Morgan fingerprint density at radius 3 is 2.57 bits per heavy atom. The number of hydrogen-bond donors (Lipinski definition) is 1. The molecule has 0 spiro atoms. The van der Waals surface area contributed by atoms with E-state index in [-0.39, 0.29) is 18.4 Å². The molecule has 1 aliphatic heterocycles. The highest BCUT2D eigenvalue weighted by atomic mass is 19.4. The number of nitrogens with one attached hydrogen (secondary N) is 1. The fourth-order valence-electron chi connectivity index (χ4n) is 2.31. The summed E-state index contributed by atoms with van der Waals surface area (Å²) in [6.07, 6.45) is -1.98. The first-order valence-corrected chi connectivity index (χ1v) is 6.96. The Labute approximate surface area is 121 Å². The lowest BCUT2D eigenvalue weighted by Gasteiger charge is -2.21. The van der Waals surface area contributed by atoms with Crippen molar-refractivity contribution in [3.63, 3.8) is 0 Å².